The Hall–Kier alpha value is -1.40. The van der Waals surface area contributed by atoms with Crippen LogP contribution in [0.15, 0.2) is 12.2 Å². The molecule has 0 aromatic rings. The van der Waals surface area contributed by atoms with Crippen molar-refractivity contribution in [3.8, 4) is 0 Å². The molecule has 0 aromatic heterocycles. The van der Waals surface area contributed by atoms with Crippen LogP contribution in [0.25, 0.3) is 0 Å². The van der Waals surface area contributed by atoms with Crippen molar-refractivity contribution in [1.29, 1.82) is 0 Å². The lowest BCUT2D eigenvalue weighted by atomic mass is 9.45. The number of epoxide rings is 2. The van der Waals surface area contributed by atoms with Gasteiger partial charge in [-0.25, -0.2) is 0 Å². The van der Waals surface area contributed by atoms with Gasteiger partial charge in [0.1, 0.15) is 17.3 Å². The van der Waals surface area contributed by atoms with Crippen LogP contribution >= 0.6 is 0 Å². The lowest BCUT2D eigenvalue weighted by Crippen LogP contribution is -2.60. The lowest BCUT2D eigenvalue weighted by molar-refractivity contribution is -0.174. The van der Waals surface area contributed by atoms with E-state index in [1.807, 2.05) is 0 Å². The van der Waals surface area contributed by atoms with Crippen LogP contribution in [0.4, 0.5) is 0 Å². The monoisotopic (exact) mass is 542 g/mol. The van der Waals surface area contributed by atoms with Crippen molar-refractivity contribution in [2.75, 3.05) is 7.11 Å². The smallest absolute Gasteiger partial charge is 0.312 e. The van der Waals surface area contributed by atoms with Gasteiger partial charge in [0.2, 0.25) is 0 Å². The molecule has 39 heavy (non-hydrogen) atoms. The quantitative estimate of drug-likeness (QED) is 0.228. The summed E-state index contributed by atoms with van der Waals surface area (Å²) in [5.41, 5.74) is -1.91. The number of esters is 2. The topological polar surface area (TPSA) is 77.7 Å². The molecule has 6 fully saturated rings. The van der Waals surface area contributed by atoms with Crippen molar-refractivity contribution in [1.82, 2.24) is 0 Å². The molecule has 4 saturated carbocycles. The van der Waals surface area contributed by atoms with Crippen LogP contribution in [0.2, 0.25) is 0 Å². The summed E-state index contributed by atoms with van der Waals surface area (Å²) in [7, 11) is 1.54. The SMILES string of the molecule is COC(=O)[C@]12CCC(C)(C)C[C@H]1[C@@]1(/C=C/[C@@]34O[C@]3(C)CC[C@H]3C(C)(C)[C@@H](OC(C)=O)CC[C@@]34C)O[C@@]1(C)CC2. The van der Waals surface area contributed by atoms with Crippen LogP contribution < -0.4 is 0 Å². The first-order valence-electron chi connectivity index (χ1n) is 15.3. The second kappa shape index (κ2) is 7.91. The van der Waals surface area contributed by atoms with E-state index < -0.39 is 16.6 Å². The van der Waals surface area contributed by atoms with Crippen molar-refractivity contribution < 1.29 is 28.5 Å². The number of fused-ring (bicyclic) bond motifs is 6. The normalized spacial score (nSPS) is 52.5. The highest BCUT2D eigenvalue weighted by Crippen LogP contribution is 2.75. The first kappa shape index (κ1) is 27.8. The summed E-state index contributed by atoms with van der Waals surface area (Å²) < 4.78 is 25.0. The third kappa shape index (κ3) is 3.40. The Morgan fingerprint density at radius 1 is 0.795 bits per heavy atom. The molecule has 218 valence electrons. The molecule has 2 aliphatic heterocycles. The number of carbonyl (C=O) groups excluding carboxylic acids is 2. The molecule has 0 spiro atoms. The summed E-state index contributed by atoms with van der Waals surface area (Å²) >= 11 is 0. The van der Waals surface area contributed by atoms with E-state index in [1.165, 1.54) is 14.0 Å². The van der Waals surface area contributed by atoms with E-state index in [0.29, 0.717) is 5.92 Å². The molecule has 0 unspecified atom stereocenters. The maximum Gasteiger partial charge on any atom is 0.312 e. The minimum absolute atomic E-state index is 0.0609. The minimum Gasteiger partial charge on any atom is -0.469 e. The Bertz CT molecular complexity index is 1130. The largest absolute Gasteiger partial charge is 0.469 e. The number of methoxy groups -OCH3 is 1. The molecular weight excluding hydrogens is 492 g/mol. The highest BCUT2D eigenvalue weighted by molar-refractivity contribution is 5.78. The second-order valence-corrected chi connectivity index (χ2v) is 16.1. The van der Waals surface area contributed by atoms with Crippen LogP contribution in [0.5, 0.6) is 0 Å². The summed E-state index contributed by atoms with van der Waals surface area (Å²) in [6.45, 7) is 17.7. The van der Waals surface area contributed by atoms with E-state index in [9.17, 15) is 9.59 Å². The zero-order chi connectivity index (χ0) is 28.5. The Labute approximate surface area is 234 Å². The molecule has 4 aliphatic carbocycles. The van der Waals surface area contributed by atoms with E-state index in [4.69, 9.17) is 18.9 Å². The Kier molecular flexibility index (Phi) is 5.63. The molecule has 2 heterocycles. The summed E-state index contributed by atoms with van der Waals surface area (Å²) in [5.74, 6) is 0.192. The van der Waals surface area contributed by atoms with Crippen LogP contribution in [0, 0.1) is 33.5 Å². The average molecular weight is 543 g/mol. The van der Waals surface area contributed by atoms with Gasteiger partial charge in [0.15, 0.2) is 0 Å². The van der Waals surface area contributed by atoms with Crippen molar-refractivity contribution >= 4 is 11.9 Å². The number of hydrogen-bond donors (Lipinski definition) is 0. The maximum atomic E-state index is 13.4. The molecule has 6 heteroatoms. The molecule has 0 aromatic carbocycles. The number of ether oxygens (including phenoxy) is 4. The van der Waals surface area contributed by atoms with Gasteiger partial charge in [0.05, 0.1) is 23.7 Å². The van der Waals surface area contributed by atoms with Crippen molar-refractivity contribution in [3.63, 3.8) is 0 Å². The molecule has 2 saturated heterocycles. The predicted octanol–water partition coefficient (Wildman–Crippen LogP) is 6.55. The van der Waals surface area contributed by atoms with E-state index >= 15 is 0 Å². The summed E-state index contributed by atoms with van der Waals surface area (Å²) in [6, 6.07) is 0. The lowest BCUT2D eigenvalue weighted by Gasteiger charge is -2.58. The van der Waals surface area contributed by atoms with Crippen LogP contribution in [-0.2, 0) is 28.5 Å². The molecule has 0 radical (unpaired) electrons. The van der Waals surface area contributed by atoms with E-state index in [0.717, 1.165) is 57.8 Å². The molecule has 6 aliphatic rings. The molecule has 9 atom stereocenters. The van der Waals surface area contributed by atoms with Gasteiger partial charge in [-0.15, -0.1) is 0 Å². The van der Waals surface area contributed by atoms with Gasteiger partial charge in [-0.1, -0.05) is 46.8 Å². The molecule has 6 rings (SSSR count). The van der Waals surface area contributed by atoms with Gasteiger partial charge in [-0.3, -0.25) is 9.59 Å². The van der Waals surface area contributed by atoms with Gasteiger partial charge in [0, 0.05) is 23.7 Å². The van der Waals surface area contributed by atoms with Gasteiger partial charge < -0.3 is 18.9 Å². The number of rotatable bonds is 4. The Balaban J connectivity index is 1.38. The van der Waals surface area contributed by atoms with Gasteiger partial charge in [0.25, 0.3) is 0 Å². The molecule has 0 bridgehead atoms. The maximum absolute atomic E-state index is 13.4. The molecular formula is C33H50O6. The third-order valence-electron chi connectivity index (χ3n) is 13.2. The van der Waals surface area contributed by atoms with Crippen LogP contribution in [0.3, 0.4) is 0 Å². The first-order chi connectivity index (χ1) is 18.0. The van der Waals surface area contributed by atoms with Gasteiger partial charge >= 0.3 is 11.9 Å². The predicted molar refractivity (Wildman–Crippen MR) is 148 cm³/mol. The van der Waals surface area contributed by atoms with Gasteiger partial charge in [-0.05, 0) is 83.0 Å². The Morgan fingerprint density at radius 3 is 2.15 bits per heavy atom. The fourth-order valence-corrected chi connectivity index (χ4v) is 10.7. The highest BCUT2D eigenvalue weighted by Gasteiger charge is 2.81. The molecule has 0 amide bonds. The van der Waals surface area contributed by atoms with E-state index in [2.05, 4.69) is 60.6 Å². The molecule has 0 N–H and O–H groups in total. The minimum atomic E-state index is -0.487. The number of carbonyl (C=O) groups is 2. The zero-order valence-corrected chi connectivity index (χ0v) is 25.7. The van der Waals surface area contributed by atoms with Crippen molar-refractivity contribution in [2.24, 2.45) is 33.5 Å². The Morgan fingerprint density at radius 2 is 1.49 bits per heavy atom. The average Bonchev–Trinajstić information content (AvgIpc) is 3.69. The fourth-order valence-electron chi connectivity index (χ4n) is 10.7. The molecule has 6 nitrogen and oxygen atoms in total. The fraction of sp³-hybridized carbons (Fsp3) is 0.879. The standard InChI is InChI=1S/C33H50O6/c1-21(34)37-24-11-12-28(6)22(27(24,4)5)10-13-30(8)33(28,39-30)19-18-32-23-20-26(2,3)14-16-31(23,25(35)36-9)17-15-29(32,7)38-32/h18-19,22-24H,10-17,20H2,1-9H3/b19-18+/t22-,23+,24-,28-,29-,30+,31-,32+,33-/m0/s1. The van der Waals surface area contributed by atoms with E-state index in [1.54, 1.807) is 0 Å². The van der Waals surface area contributed by atoms with Crippen LogP contribution in [-0.4, -0.2) is 47.6 Å². The van der Waals surface area contributed by atoms with Crippen molar-refractivity contribution in [2.45, 2.75) is 142 Å². The summed E-state index contributed by atoms with van der Waals surface area (Å²) in [6.07, 6.45) is 13.0. The van der Waals surface area contributed by atoms with Crippen LogP contribution in [0.1, 0.15) is 113 Å². The zero-order valence-electron chi connectivity index (χ0n) is 25.7. The van der Waals surface area contributed by atoms with E-state index in [-0.39, 0.29) is 51.4 Å². The first-order valence-corrected chi connectivity index (χ1v) is 15.3. The van der Waals surface area contributed by atoms with Crippen molar-refractivity contribution in [3.05, 3.63) is 12.2 Å². The number of hydrogen-bond acceptors (Lipinski definition) is 6. The third-order valence-corrected chi connectivity index (χ3v) is 13.2. The second-order valence-electron chi connectivity index (χ2n) is 16.1. The highest BCUT2D eigenvalue weighted by atomic mass is 16.6. The summed E-state index contributed by atoms with van der Waals surface area (Å²) in [5, 5.41) is 0. The van der Waals surface area contributed by atoms with Gasteiger partial charge in [-0.2, -0.15) is 0 Å². The summed E-state index contributed by atoms with van der Waals surface area (Å²) in [4.78, 5) is 25.4.